The molecule has 1 amide bonds. The summed E-state index contributed by atoms with van der Waals surface area (Å²) in [5.41, 5.74) is 3.71. The number of aliphatic hydroxyl groups is 1. The van der Waals surface area contributed by atoms with Crippen LogP contribution in [-0.4, -0.2) is 41.1 Å². The Hall–Kier alpha value is -1.81. The second-order valence-corrected chi connectivity index (χ2v) is 4.62. The summed E-state index contributed by atoms with van der Waals surface area (Å²) in [5.74, 6) is -0.0876. The van der Waals surface area contributed by atoms with Crippen molar-refractivity contribution in [1.29, 1.82) is 0 Å². The molecule has 2 rings (SSSR count). The molecular formula is C14H18N2O2. The van der Waals surface area contributed by atoms with Gasteiger partial charge in [-0.05, 0) is 31.5 Å². The van der Waals surface area contributed by atoms with E-state index >= 15 is 0 Å². The molecule has 1 heterocycles. The van der Waals surface area contributed by atoms with Crippen molar-refractivity contribution in [2.75, 3.05) is 20.2 Å². The highest BCUT2D eigenvalue weighted by Gasteiger charge is 2.17. The third kappa shape index (κ3) is 2.11. The Morgan fingerprint density at radius 3 is 2.78 bits per heavy atom. The predicted octanol–water partition coefficient (Wildman–Crippen LogP) is 1.85. The SMILES string of the molecule is Cc1ccc2[nH]c(C(=O)N(C)CCO)c(C)c2c1. The fourth-order valence-electron chi connectivity index (χ4n) is 2.10. The number of carbonyl (C=O) groups excluding carboxylic acids is 1. The van der Waals surface area contributed by atoms with Gasteiger partial charge in [0.15, 0.2) is 0 Å². The van der Waals surface area contributed by atoms with Crippen molar-refractivity contribution >= 4 is 16.8 Å². The smallest absolute Gasteiger partial charge is 0.270 e. The molecule has 0 bridgehead atoms. The molecule has 0 fully saturated rings. The molecule has 0 aliphatic carbocycles. The molecule has 4 heteroatoms. The van der Waals surface area contributed by atoms with Gasteiger partial charge >= 0.3 is 0 Å². The number of amides is 1. The first-order valence-corrected chi connectivity index (χ1v) is 6.00. The van der Waals surface area contributed by atoms with Gasteiger partial charge in [-0.15, -0.1) is 0 Å². The number of nitrogens with one attached hydrogen (secondary N) is 1. The van der Waals surface area contributed by atoms with E-state index in [1.807, 2.05) is 26.0 Å². The molecule has 0 spiro atoms. The predicted molar refractivity (Wildman–Crippen MR) is 71.8 cm³/mol. The average Bonchev–Trinajstić information content (AvgIpc) is 2.66. The van der Waals surface area contributed by atoms with Crippen LogP contribution in [-0.2, 0) is 0 Å². The Bertz CT molecular complexity index is 587. The standard InChI is InChI=1S/C14H18N2O2/c1-9-4-5-12-11(8-9)10(2)13(15-12)14(18)16(3)6-7-17/h4-5,8,15,17H,6-7H2,1-3H3. The Morgan fingerprint density at radius 1 is 1.39 bits per heavy atom. The summed E-state index contributed by atoms with van der Waals surface area (Å²) >= 11 is 0. The first-order valence-electron chi connectivity index (χ1n) is 6.00. The van der Waals surface area contributed by atoms with Crippen LogP contribution in [0, 0.1) is 13.8 Å². The monoisotopic (exact) mass is 246 g/mol. The Labute approximate surface area is 106 Å². The van der Waals surface area contributed by atoms with E-state index in [1.165, 1.54) is 10.5 Å². The van der Waals surface area contributed by atoms with Gasteiger partial charge in [-0.1, -0.05) is 11.6 Å². The van der Waals surface area contributed by atoms with Gasteiger partial charge in [0.25, 0.3) is 5.91 Å². The van der Waals surface area contributed by atoms with E-state index in [-0.39, 0.29) is 12.5 Å². The summed E-state index contributed by atoms with van der Waals surface area (Å²) in [4.78, 5) is 16.9. The van der Waals surface area contributed by atoms with Crippen molar-refractivity contribution in [2.24, 2.45) is 0 Å². The van der Waals surface area contributed by atoms with Crippen LogP contribution >= 0.6 is 0 Å². The normalized spacial score (nSPS) is 10.9. The van der Waals surface area contributed by atoms with Crippen LogP contribution in [0.25, 0.3) is 10.9 Å². The van der Waals surface area contributed by atoms with E-state index in [9.17, 15) is 4.79 Å². The number of hydrogen-bond donors (Lipinski definition) is 2. The first-order chi connectivity index (χ1) is 8.54. The molecule has 2 aromatic rings. The molecule has 0 saturated carbocycles. The Kier molecular flexibility index (Phi) is 3.39. The van der Waals surface area contributed by atoms with Crippen molar-refractivity contribution < 1.29 is 9.90 Å². The lowest BCUT2D eigenvalue weighted by Gasteiger charge is -2.15. The molecule has 0 aliphatic rings. The topological polar surface area (TPSA) is 56.3 Å². The number of nitrogens with zero attached hydrogens (tertiary/aromatic N) is 1. The van der Waals surface area contributed by atoms with E-state index in [2.05, 4.69) is 11.1 Å². The van der Waals surface area contributed by atoms with Gasteiger partial charge in [0.05, 0.1) is 6.61 Å². The average molecular weight is 246 g/mol. The third-order valence-corrected chi connectivity index (χ3v) is 3.21. The van der Waals surface area contributed by atoms with Crippen LogP contribution in [0.3, 0.4) is 0 Å². The quantitative estimate of drug-likeness (QED) is 0.868. The van der Waals surface area contributed by atoms with E-state index in [1.54, 1.807) is 7.05 Å². The van der Waals surface area contributed by atoms with Crippen LogP contribution in [0.5, 0.6) is 0 Å². The lowest BCUT2D eigenvalue weighted by Crippen LogP contribution is -2.30. The van der Waals surface area contributed by atoms with Crippen LogP contribution < -0.4 is 0 Å². The number of aryl methyl sites for hydroxylation is 2. The minimum Gasteiger partial charge on any atom is -0.395 e. The lowest BCUT2D eigenvalue weighted by atomic mass is 10.1. The first kappa shape index (κ1) is 12.6. The zero-order chi connectivity index (χ0) is 13.3. The molecule has 96 valence electrons. The number of aromatic amines is 1. The fourth-order valence-corrected chi connectivity index (χ4v) is 2.10. The van der Waals surface area contributed by atoms with E-state index in [0.29, 0.717) is 12.2 Å². The number of aromatic nitrogens is 1. The molecule has 0 atom stereocenters. The summed E-state index contributed by atoms with van der Waals surface area (Å²) in [5, 5.41) is 9.95. The molecule has 0 unspecified atom stereocenters. The molecule has 0 saturated heterocycles. The summed E-state index contributed by atoms with van der Waals surface area (Å²) in [6.07, 6.45) is 0. The van der Waals surface area contributed by atoms with Crippen molar-refractivity contribution in [2.45, 2.75) is 13.8 Å². The minimum atomic E-state index is -0.0876. The van der Waals surface area contributed by atoms with E-state index in [0.717, 1.165) is 16.5 Å². The highest BCUT2D eigenvalue weighted by Crippen LogP contribution is 2.23. The number of likely N-dealkylation sites (N-methyl/N-ethyl adjacent to an activating group) is 1. The van der Waals surface area contributed by atoms with Crippen LogP contribution in [0.1, 0.15) is 21.6 Å². The van der Waals surface area contributed by atoms with Gasteiger partial charge in [0, 0.05) is 24.5 Å². The van der Waals surface area contributed by atoms with Gasteiger partial charge in [0.2, 0.25) is 0 Å². The molecule has 2 N–H and O–H groups in total. The van der Waals surface area contributed by atoms with Crippen molar-refractivity contribution in [1.82, 2.24) is 9.88 Å². The van der Waals surface area contributed by atoms with Gasteiger partial charge in [-0.25, -0.2) is 0 Å². The Balaban J connectivity index is 2.46. The number of carbonyl (C=O) groups is 1. The lowest BCUT2D eigenvalue weighted by molar-refractivity contribution is 0.0761. The zero-order valence-corrected chi connectivity index (χ0v) is 10.9. The fraction of sp³-hybridized carbons (Fsp3) is 0.357. The number of hydrogen-bond acceptors (Lipinski definition) is 2. The van der Waals surface area contributed by atoms with Gasteiger partial charge in [0.1, 0.15) is 5.69 Å². The molecule has 1 aromatic heterocycles. The van der Waals surface area contributed by atoms with Crippen molar-refractivity contribution in [3.05, 3.63) is 35.0 Å². The molecule has 4 nitrogen and oxygen atoms in total. The molecule has 18 heavy (non-hydrogen) atoms. The number of aliphatic hydroxyl groups excluding tert-OH is 1. The summed E-state index contributed by atoms with van der Waals surface area (Å²) < 4.78 is 0. The summed E-state index contributed by atoms with van der Waals surface area (Å²) in [6, 6.07) is 6.08. The number of H-pyrrole nitrogens is 1. The number of benzene rings is 1. The van der Waals surface area contributed by atoms with Gasteiger partial charge in [-0.2, -0.15) is 0 Å². The van der Waals surface area contributed by atoms with Crippen molar-refractivity contribution in [3.63, 3.8) is 0 Å². The molecule has 0 aliphatic heterocycles. The maximum Gasteiger partial charge on any atom is 0.270 e. The van der Waals surface area contributed by atoms with Crippen LogP contribution in [0.4, 0.5) is 0 Å². The maximum atomic E-state index is 12.2. The van der Waals surface area contributed by atoms with E-state index < -0.39 is 0 Å². The minimum absolute atomic E-state index is 0.0272. The van der Waals surface area contributed by atoms with Crippen molar-refractivity contribution in [3.8, 4) is 0 Å². The van der Waals surface area contributed by atoms with Gasteiger partial charge < -0.3 is 15.0 Å². The third-order valence-electron chi connectivity index (χ3n) is 3.21. The van der Waals surface area contributed by atoms with E-state index in [4.69, 9.17) is 5.11 Å². The zero-order valence-electron chi connectivity index (χ0n) is 10.9. The molecular weight excluding hydrogens is 228 g/mol. The number of fused-ring (bicyclic) bond motifs is 1. The maximum absolute atomic E-state index is 12.2. The van der Waals surface area contributed by atoms with Gasteiger partial charge in [-0.3, -0.25) is 4.79 Å². The van der Waals surface area contributed by atoms with Crippen LogP contribution in [0.2, 0.25) is 0 Å². The summed E-state index contributed by atoms with van der Waals surface area (Å²) in [7, 11) is 1.69. The summed E-state index contributed by atoms with van der Waals surface area (Å²) in [6.45, 7) is 4.29. The Morgan fingerprint density at radius 2 is 2.11 bits per heavy atom. The largest absolute Gasteiger partial charge is 0.395 e. The highest BCUT2D eigenvalue weighted by atomic mass is 16.3. The molecule has 1 aromatic carbocycles. The number of rotatable bonds is 3. The second-order valence-electron chi connectivity index (χ2n) is 4.62. The second kappa shape index (κ2) is 4.82. The molecule has 0 radical (unpaired) electrons. The highest BCUT2D eigenvalue weighted by molar-refractivity contribution is 6.00. The van der Waals surface area contributed by atoms with Crippen LogP contribution in [0.15, 0.2) is 18.2 Å².